The number of benzene rings is 3. The van der Waals surface area contributed by atoms with Crippen LogP contribution in [0.25, 0.3) is 43.1 Å². The predicted molar refractivity (Wildman–Crippen MR) is 150 cm³/mol. The second kappa shape index (κ2) is 10.0. The lowest BCUT2D eigenvalue weighted by Crippen LogP contribution is -1.91. The fourth-order valence-electron chi connectivity index (χ4n) is 4.75. The summed E-state index contributed by atoms with van der Waals surface area (Å²) in [5.41, 5.74) is 1.01. The average molecular weight is 501 g/mol. The Morgan fingerprint density at radius 3 is 1.05 bits per heavy atom. The van der Waals surface area contributed by atoms with Crippen molar-refractivity contribution < 1.29 is 18.9 Å². The van der Waals surface area contributed by atoms with E-state index in [2.05, 4.69) is 12.1 Å². The summed E-state index contributed by atoms with van der Waals surface area (Å²) in [6.07, 6.45) is 0. The Morgan fingerprint density at radius 2 is 0.737 bits per heavy atom. The Labute approximate surface area is 220 Å². The normalized spacial score (nSPS) is 10.6. The van der Waals surface area contributed by atoms with Crippen LogP contribution in [0.2, 0.25) is 0 Å². The van der Waals surface area contributed by atoms with Gasteiger partial charge in [0, 0.05) is 10.8 Å². The highest BCUT2D eigenvalue weighted by Gasteiger charge is 2.10. The van der Waals surface area contributed by atoms with Gasteiger partial charge < -0.3 is 18.9 Å². The van der Waals surface area contributed by atoms with Gasteiger partial charge >= 0.3 is 0 Å². The van der Waals surface area contributed by atoms with E-state index in [1.54, 1.807) is 28.4 Å². The van der Waals surface area contributed by atoms with Gasteiger partial charge in [0.25, 0.3) is 0 Å². The highest BCUT2D eigenvalue weighted by atomic mass is 16.5. The van der Waals surface area contributed by atoms with Gasteiger partial charge in [0.1, 0.15) is 0 Å². The maximum absolute atomic E-state index is 10.1. The molecule has 0 fully saturated rings. The van der Waals surface area contributed by atoms with Gasteiger partial charge in [-0.15, -0.1) is 0 Å². The summed E-state index contributed by atoms with van der Waals surface area (Å²) in [6.45, 7) is 0. The summed E-state index contributed by atoms with van der Waals surface area (Å²) >= 11 is 0. The third-order valence-corrected chi connectivity index (χ3v) is 6.71. The molecule has 0 N–H and O–H groups in total. The SMILES string of the molecule is COc1cc2ccc3cc4c(C#N)cc5cc(OC)c(OC)cc5ccc4cc3c(C#N)cc2cc1OC. The number of nitrogens with zero attached hydrogens (tertiary/aromatic N) is 2. The molecule has 0 unspecified atom stereocenters. The van der Waals surface area contributed by atoms with Crippen LogP contribution in [-0.2, 0) is 0 Å². The second-order valence-electron chi connectivity index (χ2n) is 8.71. The lowest BCUT2D eigenvalue weighted by Gasteiger charge is -2.10. The molecule has 0 aliphatic rings. The van der Waals surface area contributed by atoms with Gasteiger partial charge in [-0.25, -0.2) is 0 Å². The van der Waals surface area contributed by atoms with Crippen molar-refractivity contribution in [3.05, 3.63) is 83.9 Å². The molecule has 0 aliphatic heterocycles. The van der Waals surface area contributed by atoms with Gasteiger partial charge in [-0.1, -0.05) is 24.3 Å². The van der Waals surface area contributed by atoms with E-state index in [-0.39, 0.29) is 0 Å². The second-order valence-corrected chi connectivity index (χ2v) is 8.71. The van der Waals surface area contributed by atoms with E-state index in [9.17, 15) is 10.5 Å². The standard InChI is InChI=1S/C32H24N2O4/c1-35-29-13-19-5-7-21-11-28-22(12-27(21)25(17-33)9-23(19)15-31(29)37-3)8-6-20-14-30(36-2)32(38-4)16-24(20)10-26(28)18-34/h5-16H,1-4H3. The van der Waals surface area contributed by atoms with Crippen molar-refractivity contribution >= 4 is 43.1 Å². The number of nitriles is 2. The monoisotopic (exact) mass is 500 g/mol. The number of hydrogen-bond donors (Lipinski definition) is 0. The number of methoxy groups -OCH3 is 4. The first kappa shape index (κ1) is 24.5. The van der Waals surface area contributed by atoms with E-state index in [1.807, 2.05) is 72.8 Å². The maximum Gasteiger partial charge on any atom is 0.161 e. The molecular weight excluding hydrogens is 476 g/mol. The molecule has 0 aromatic heterocycles. The first-order valence-corrected chi connectivity index (χ1v) is 11.8. The van der Waals surface area contributed by atoms with E-state index < -0.39 is 0 Å². The zero-order valence-electron chi connectivity index (χ0n) is 21.5. The Kier molecular flexibility index (Phi) is 6.47. The molecule has 0 heterocycles. The summed E-state index contributed by atoms with van der Waals surface area (Å²) < 4.78 is 21.9. The molecular formula is C32H24N2O4. The van der Waals surface area contributed by atoms with E-state index in [1.165, 1.54) is 0 Å². The molecule has 0 radical (unpaired) electrons. The van der Waals surface area contributed by atoms with E-state index in [0.717, 1.165) is 43.1 Å². The fraction of sp³-hybridized carbons (Fsp3) is 0.125. The van der Waals surface area contributed by atoms with Crippen LogP contribution < -0.4 is 18.9 Å². The smallest absolute Gasteiger partial charge is 0.161 e. The Bertz CT molecular complexity index is 1760. The van der Waals surface area contributed by atoms with Crippen LogP contribution in [0.3, 0.4) is 0 Å². The molecule has 0 saturated carbocycles. The molecule has 5 rings (SSSR count). The Hall–Kier alpha value is -5.20. The molecule has 0 bridgehead atoms. The maximum atomic E-state index is 10.1. The topological polar surface area (TPSA) is 84.5 Å². The number of fused-ring (bicyclic) bond motifs is 4. The molecule has 6 nitrogen and oxygen atoms in total. The summed E-state index contributed by atoms with van der Waals surface area (Å²) in [5.74, 6) is 2.38. The number of ether oxygens (including phenoxy) is 4. The highest BCUT2D eigenvalue weighted by Crippen LogP contribution is 2.35. The lowest BCUT2D eigenvalue weighted by atomic mass is 9.97. The van der Waals surface area contributed by atoms with Crippen molar-refractivity contribution in [2.24, 2.45) is 0 Å². The van der Waals surface area contributed by atoms with Gasteiger partial charge in [0.2, 0.25) is 0 Å². The highest BCUT2D eigenvalue weighted by molar-refractivity contribution is 6.04. The molecule has 0 spiro atoms. The first-order valence-electron chi connectivity index (χ1n) is 11.8. The number of hydrogen-bond acceptors (Lipinski definition) is 6. The van der Waals surface area contributed by atoms with Gasteiger partial charge in [0.05, 0.1) is 51.7 Å². The molecule has 38 heavy (non-hydrogen) atoms. The molecule has 186 valence electrons. The molecule has 0 atom stereocenters. The summed E-state index contributed by atoms with van der Waals surface area (Å²) in [7, 11) is 6.35. The molecule has 0 saturated heterocycles. The molecule has 0 amide bonds. The summed E-state index contributed by atoms with van der Waals surface area (Å²) in [4.78, 5) is 0. The Morgan fingerprint density at radius 1 is 0.421 bits per heavy atom. The van der Waals surface area contributed by atoms with Crippen LogP contribution in [0.5, 0.6) is 23.0 Å². The lowest BCUT2D eigenvalue weighted by molar-refractivity contribution is 0.356. The van der Waals surface area contributed by atoms with Crippen molar-refractivity contribution in [2.45, 2.75) is 0 Å². The fourth-order valence-corrected chi connectivity index (χ4v) is 4.75. The van der Waals surface area contributed by atoms with Crippen molar-refractivity contribution in [1.82, 2.24) is 0 Å². The zero-order chi connectivity index (χ0) is 26.8. The van der Waals surface area contributed by atoms with E-state index >= 15 is 0 Å². The van der Waals surface area contributed by atoms with Crippen molar-refractivity contribution in [2.75, 3.05) is 28.4 Å². The minimum Gasteiger partial charge on any atom is -0.493 e. The molecule has 6 heteroatoms. The third kappa shape index (κ3) is 4.19. The van der Waals surface area contributed by atoms with Crippen LogP contribution in [0.1, 0.15) is 11.1 Å². The van der Waals surface area contributed by atoms with Crippen LogP contribution in [0.15, 0.2) is 72.8 Å². The van der Waals surface area contributed by atoms with Crippen LogP contribution >= 0.6 is 0 Å². The van der Waals surface area contributed by atoms with Gasteiger partial charge in [-0.05, 0) is 80.8 Å². The zero-order valence-corrected chi connectivity index (χ0v) is 21.5. The molecule has 0 aliphatic carbocycles. The minimum absolute atomic E-state index is 0.505. The minimum atomic E-state index is 0.505. The Balaban J connectivity index is 1.91. The van der Waals surface area contributed by atoms with Crippen molar-refractivity contribution in [3.8, 4) is 35.1 Å². The largest absolute Gasteiger partial charge is 0.493 e. The quantitative estimate of drug-likeness (QED) is 0.259. The predicted octanol–water partition coefficient (Wildman–Crippen LogP) is 7.20. The first-order chi connectivity index (χ1) is 18.5. The van der Waals surface area contributed by atoms with E-state index in [0.29, 0.717) is 34.1 Å². The van der Waals surface area contributed by atoms with Crippen LogP contribution in [0.4, 0.5) is 0 Å². The molecule has 5 aromatic rings. The van der Waals surface area contributed by atoms with Gasteiger partial charge in [-0.3, -0.25) is 0 Å². The van der Waals surface area contributed by atoms with Gasteiger partial charge in [-0.2, -0.15) is 10.5 Å². The number of rotatable bonds is 4. The average Bonchev–Trinajstić information content (AvgIpc) is 2.94. The van der Waals surface area contributed by atoms with Crippen molar-refractivity contribution in [1.29, 1.82) is 10.5 Å². The van der Waals surface area contributed by atoms with Gasteiger partial charge in [0.15, 0.2) is 23.0 Å². The third-order valence-electron chi connectivity index (χ3n) is 6.71. The molecule has 5 aromatic carbocycles. The van der Waals surface area contributed by atoms with Crippen LogP contribution in [0, 0.1) is 22.7 Å². The van der Waals surface area contributed by atoms with E-state index in [4.69, 9.17) is 18.9 Å². The van der Waals surface area contributed by atoms with Crippen molar-refractivity contribution in [3.63, 3.8) is 0 Å². The van der Waals surface area contributed by atoms with Crippen LogP contribution in [-0.4, -0.2) is 28.4 Å². The summed E-state index contributed by atoms with van der Waals surface area (Å²) in [6, 6.07) is 27.7. The summed E-state index contributed by atoms with van der Waals surface area (Å²) in [5, 5.41) is 27.0.